The predicted octanol–water partition coefficient (Wildman–Crippen LogP) is 3.21. The molecule has 0 spiro atoms. The van der Waals surface area contributed by atoms with Gasteiger partial charge in [0, 0.05) is 24.9 Å². The van der Waals surface area contributed by atoms with Crippen LogP contribution in [-0.4, -0.2) is 35.0 Å². The summed E-state index contributed by atoms with van der Waals surface area (Å²) in [7, 11) is 0. The standard InChI is InChI=1S/C19H25NO3/c1-18(15-7-3-2-4-8-15)9-6-12-20(14-18)16(21)13-19(17(22)23)10-5-11-19/h2-4,7-8H,5-6,9-14H2,1H3,(H,22,23). The lowest BCUT2D eigenvalue weighted by molar-refractivity contribution is -0.160. The lowest BCUT2D eigenvalue weighted by Crippen LogP contribution is -2.50. The Labute approximate surface area is 137 Å². The molecule has 23 heavy (non-hydrogen) atoms. The van der Waals surface area contributed by atoms with Gasteiger partial charge in [-0.1, -0.05) is 43.7 Å². The van der Waals surface area contributed by atoms with Crippen molar-refractivity contribution in [2.75, 3.05) is 13.1 Å². The molecular weight excluding hydrogens is 290 g/mol. The van der Waals surface area contributed by atoms with Gasteiger partial charge < -0.3 is 10.0 Å². The molecule has 2 fully saturated rings. The van der Waals surface area contributed by atoms with E-state index in [9.17, 15) is 14.7 Å². The minimum absolute atomic E-state index is 0.00829. The van der Waals surface area contributed by atoms with Crippen LogP contribution in [0.5, 0.6) is 0 Å². The van der Waals surface area contributed by atoms with Crippen LogP contribution < -0.4 is 0 Å². The fourth-order valence-corrected chi connectivity index (χ4v) is 4.00. The fourth-order valence-electron chi connectivity index (χ4n) is 4.00. The van der Waals surface area contributed by atoms with E-state index in [1.54, 1.807) is 0 Å². The molecule has 124 valence electrons. The number of amides is 1. The summed E-state index contributed by atoms with van der Waals surface area (Å²) in [6.45, 7) is 3.64. The molecule has 3 rings (SSSR count). The Morgan fingerprint density at radius 1 is 1.13 bits per heavy atom. The maximum absolute atomic E-state index is 12.7. The molecule has 1 atom stereocenters. The van der Waals surface area contributed by atoms with Crippen LogP contribution in [0.1, 0.15) is 51.0 Å². The van der Waals surface area contributed by atoms with Crippen molar-refractivity contribution in [3.05, 3.63) is 35.9 Å². The molecule has 1 N–H and O–H groups in total. The Hall–Kier alpha value is -1.84. The zero-order valence-electron chi connectivity index (χ0n) is 13.8. The highest BCUT2D eigenvalue weighted by Gasteiger charge is 2.47. The smallest absolute Gasteiger partial charge is 0.310 e. The van der Waals surface area contributed by atoms with Crippen molar-refractivity contribution in [3.63, 3.8) is 0 Å². The molecule has 1 saturated heterocycles. The van der Waals surface area contributed by atoms with Gasteiger partial charge in [0.2, 0.25) is 5.91 Å². The van der Waals surface area contributed by atoms with Gasteiger partial charge in [-0.05, 0) is 31.2 Å². The maximum Gasteiger partial charge on any atom is 0.310 e. The van der Waals surface area contributed by atoms with Crippen LogP contribution in [-0.2, 0) is 15.0 Å². The number of carboxylic acid groups (broad SMARTS) is 1. The van der Waals surface area contributed by atoms with Crippen molar-refractivity contribution in [2.45, 2.75) is 50.9 Å². The summed E-state index contributed by atoms with van der Waals surface area (Å²) in [5.41, 5.74) is 0.428. The number of likely N-dealkylation sites (tertiary alicyclic amines) is 1. The Balaban J connectivity index is 1.71. The summed E-state index contributed by atoms with van der Waals surface area (Å²) in [6.07, 6.45) is 4.38. The normalized spacial score (nSPS) is 26.4. The van der Waals surface area contributed by atoms with Crippen molar-refractivity contribution < 1.29 is 14.7 Å². The number of carbonyl (C=O) groups excluding carboxylic acids is 1. The molecule has 2 aliphatic rings. The molecule has 1 saturated carbocycles. The Bertz CT molecular complexity index is 594. The molecule has 4 nitrogen and oxygen atoms in total. The predicted molar refractivity (Wildman–Crippen MR) is 88.1 cm³/mol. The van der Waals surface area contributed by atoms with Crippen molar-refractivity contribution in [1.82, 2.24) is 4.90 Å². The minimum Gasteiger partial charge on any atom is -0.481 e. The molecule has 1 aliphatic carbocycles. The largest absolute Gasteiger partial charge is 0.481 e. The Morgan fingerprint density at radius 2 is 1.83 bits per heavy atom. The first kappa shape index (κ1) is 16.0. The summed E-state index contributed by atoms with van der Waals surface area (Å²) in [6, 6.07) is 10.3. The number of carboxylic acids is 1. The van der Waals surface area contributed by atoms with Gasteiger partial charge in [-0.25, -0.2) is 0 Å². The van der Waals surface area contributed by atoms with E-state index in [0.29, 0.717) is 19.4 Å². The second-order valence-corrected chi connectivity index (χ2v) is 7.46. The lowest BCUT2D eigenvalue weighted by atomic mass is 9.66. The van der Waals surface area contributed by atoms with Gasteiger partial charge in [0.05, 0.1) is 5.41 Å². The van der Waals surface area contributed by atoms with Crippen molar-refractivity contribution >= 4 is 11.9 Å². The van der Waals surface area contributed by atoms with E-state index in [2.05, 4.69) is 19.1 Å². The highest BCUT2D eigenvalue weighted by atomic mass is 16.4. The Kier molecular flexibility index (Phi) is 4.17. The summed E-state index contributed by atoms with van der Waals surface area (Å²) in [4.78, 5) is 26.1. The number of aliphatic carboxylic acids is 1. The quantitative estimate of drug-likeness (QED) is 0.928. The van der Waals surface area contributed by atoms with E-state index in [-0.39, 0.29) is 17.7 Å². The molecular formula is C19H25NO3. The van der Waals surface area contributed by atoms with Crippen molar-refractivity contribution in [3.8, 4) is 0 Å². The van der Waals surface area contributed by atoms with Crippen LogP contribution in [0.25, 0.3) is 0 Å². The number of hydrogen-bond acceptors (Lipinski definition) is 2. The number of piperidine rings is 1. The third-order valence-corrected chi connectivity index (χ3v) is 5.77. The molecule has 1 aromatic rings. The number of benzene rings is 1. The van der Waals surface area contributed by atoms with E-state index in [1.807, 2.05) is 23.1 Å². The number of hydrogen-bond donors (Lipinski definition) is 1. The SMILES string of the molecule is CC1(c2ccccc2)CCCN(C(=O)CC2(C(=O)O)CCC2)C1. The van der Waals surface area contributed by atoms with E-state index in [4.69, 9.17) is 0 Å². The van der Waals surface area contributed by atoms with Crippen LogP contribution in [0.3, 0.4) is 0 Å². The van der Waals surface area contributed by atoms with Gasteiger partial charge in [0.15, 0.2) is 0 Å². The minimum atomic E-state index is -0.806. The van der Waals surface area contributed by atoms with Crippen LogP contribution in [0.15, 0.2) is 30.3 Å². The van der Waals surface area contributed by atoms with Gasteiger partial charge in [-0.15, -0.1) is 0 Å². The van der Waals surface area contributed by atoms with E-state index < -0.39 is 11.4 Å². The number of nitrogens with zero attached hydrogens (tertiary/aromatic N) is 1. The van der Waals surface area contributed by atoms with Gasteiger partial charge in [-0.2, -0.15) is 0 Å². The number of carbonyl (C=O) groups is 2. The highest BCUT2D eigenvalue weighted by Crippen LogP contribution is 2.45. The van der Waals surface area contributed by atoms with E-state index in [1.165, 1.54) is 5.56 Å². The molecule has 1 unspecified atom stereocenters. The molecule has 1 amide bonds. The topological polar surface area (TPSA) is 57.6 Å². The summed E-state index contributed by atoms with van der Waals surface area (Å²) in [5.74, 6) is -0.797. The second kappa shape index (κ2) is 5.99. The fraction of sp³-hybridized carbons (Fsp3) is 0.579. The first-order valence-electron chi connectivity index (χ1n) is 8.52. The number of rotatable bonds is 4. The third-order valence-electron chi connectivity index (χ3n) is 5.77. The van der Waals surface area contributed by atoms with Crippen LogP contribution in [0, 0.1) is 5.41 Å². The highest BCUT2D eigenvalue weighted by molar-refractivity contribution is 5.85. The molecule has 1 aliphatic heterocycles. The first-order chi connectivity index (χ1) is 11.0. The summed E-state index contributed by atoms with van der Waals surface area (Å²) >= 11 is 0. The van der Waals surface area contributed by atoms with Gasteiger partial charge >= 0.3 is 5.97 Å². The maximum atomic E-state index is 12.7. The molecule has 1 heterocycles. The second-order valence-electron chi connectivity index (χ2n) is 7.46. The first-order valence-corrected chi connectivity index (χ1v) is 8.52. The van der Waals surface area contributed by atoms with E-state index in [0.717, 1.165) is 25.8 Å². The van der Waals surface area contributed by atoms with E-state index >= 15 is 0 Å². The lowest BCUT2D eigenvalue weighted by Gasteiger charge is -2.43. The van der Waals surface area contributed by atoms with Gasteiger partial charge in [-0.3, -0.25) is 9.59 Å². The molecule has 0 radical (unpaired) electrons. The molecule has 4 heteroatoms. The van der Waals surface area contributed by atoms with Crippen LogP contribution >= 0.6 is 0 Å². The van der Waals surface area contributed by atoms with Gasteiger partial charge in [0.25, 0.3) is 0 Å². The molecule has 0 bridgehead atoms. The van der Waals surface area contributed by atoms with Crippen molar-refractivity contribution in [2.24, 2.45) is 5.41 Å². The van der Waals surface area contributed by atoms with Crippen LogP contribution in [0.4, 0.5) is 0 Å². The van der Waals surface area contributed by atoms with Crippen molar-refractivity contribution in [1.29, 1.82) is 0 Å². The summed E-state index contributed by atoms with van der Waals surface area (Å²) < 4.78 is 0. The third kappa shape index (κ3) is 2.99. The molecule has 0 aromatic heterocycles. The average Bonchev–Trinajstić information content (AvgIpc) is 2.51. The Morgan fingerprint density at radius 3 is 2.39 bits per heavy atom. The average molecular weight is 315 g/mol. The van der Waals surface area contributed by atoms with Crippen LogP contribution in [0.2, 0.25) is 0 Å². The summed E-state index contributed by atoms with van der Waals surface area (Å²) in [5, 5.41) is 9.44. The monoisotopic (exact) mass is 315 g/mol. The zero-order valence-corrected chi connectivity index (χ0v) is 13.8. The van der Waals surface area contributed by atoms with Gasteiger partial charge in [0.1, 0.15) is 0 Å². The molecule has 1 aromatic carbocycles. The zero-order chi connectivity index (χ0) is 16.5.